The molecular weight excluding hydrogens is 214 g/mol. The predicted molar refractivity (Wildman–Crippen MR) is 67.8 cm³/mol. The van der Waals surface area contributed by atoms with Crippen molar-refractivity contribution in [3.63, 3.8) is 0 Å². The smallest absolute Gasteiger partial charge is 0.122 e. The molecule has 1 fully saturated rings. The van der Waals surface area contributed by atoms with Crippen LogP contribution in [0.25, 0.3) is 0 Å². The van der Waals surface area contributed by atoms with Crippen LogP contribution in [0.4, 0.5) is 0 Å². The molecule has 1 aromatic rings. The zero-order valence-electron chi connectivity index (χ0n) is 10.7. The van der Waals surface area contributed by atoms with Crippen LogP contribution in [0.15, 0.2) is 12.4 Å². The van der Waals surface area contributed by atoms with E-state index in [-0.39, 0.29) is 0 Å². The predicted octanol–water partition coefficient (Wildman–Crippen LogP) is 1.95. The molecule has 0 amide bonds. The summed E-state index contributed by atoms with van der Waals surface area (Å²) in [7, 11) is 0. The molecule has 2 heterocycles. The lowest BCUT2D eigenvalue weighted by Crippen LogP contribution is -2.18. The summed E-state index contributed by atoms with van der Waals surface area (Å²) >= 11 is 0. The van der Waals surface area contributed by atoms with Crippen molar-refractivity contribution in [3.8, 4) is 0 Å². The third kappa shape index (κ3) is 3.82. The molecule has 0 bridgehead atoms. The summed E-state index contributed by atoms with van der Waals surface area (Å²) in [5, 5.41) is 3.39. The van der Waals surface area contributed by atoms with E-state index in [1.807, 2.05) is 6.20 Å². The Bertz CT molecular complexity index is 318. The van der Waals surface area contributed by atoms with E-state index in [4.69, 9.17) is 4.74 Å². The van der Waals surface area contributed by atoms with Gasteiger partial charge >= 0.3 is 0 Å². The first kappa shape index (κ1) is 12.6. The molecule has 1 aliphatic heterocycles. The fourth-order valence-electron chi connectivity index (χ4n) is 2.24. The Morgan fingerprint density at radius 1 is 1.59 bits per heavy atom. The van der Waals surface area contributed by atoms with Crippen LogP contribution in [0.3, 0.4) is 0 Å². The molecule has 0 aliphatic carbocycles. The highest BCUT2D eigenvalue weighted by Crippen LogP contribution is 2.16. The molecule has 0 aromatic carbocycles. The van der Waals surface area contributed by atoms with Crippen molar-refractivity contribution < 1.29 is 4.74 Å². The molecule has 4 nitrogen and oxygen atoms in total. The molecule has 1 saturated heterocycles. The summed E-state index contributed by atoms with van der Waals surface area (Å²) in [6, 6.07) is 0. The number of hydrogen-bond acceptors (Lipinski definition) is 3. The molecule has 96 valence electrons. The number of hydrogen-bond donors (Lipinski definition) is 1. The fourth-order valence-corrected chi connectivity index (χ4v) is 2.24. The normalized spacial score (nSPS) is 19.9. The maximum atomic E-state index is 5.64. The lowest BCUT2D eigenvalue weighted by atomic mass is 10.2. The number of ether oxygens (including phenoxy) is 1. The van der Waals surface area contributed by atoms with Crippen molar-refractivity contribution in [3.05, 3.63) is 18.2 Å². The molecule has 0 radical (unpaired) electrons. The van der Waals surface area contributed by atoms with Crippen molar-refractivity contribution in [1.82, 2.24) is 14.9 Å². The van der Waals surface area contributed by atoms with Crippen LogP contribution >= 0.6 is 0 Å². The van der Waals surface area contributed by atoms with Crippen LogP contribution in [-0.4, -0.2) is 28.8 Å². The summed E-state index contributed by atoms with van der Waals surface area (Å²) in [5.74, 6) is 1.14. The van der Waals surface area contributed by atoms with Gasteiger partial charge in [0.05, 0.1) is 12.6 Å². The Morgan fingerprint density at radius 3 is 3.29 bits per heavy atom. The largest absolute Gasteiger partial charge is 0.378 e. The maximum Gasteiger partial charge on any atom is 0.122 e. The van der Waals surface area contributed by atoms with Crippen molar-refractivity contribution in [1.29, 1.82) is 0 Å². The van der Waals surface area contributed by atoms with Crippen molar-refractivity contribution in [2.75, 3.05) is 13.2 Å². The van der Waals surface area contributed by atoms with Gasteiger partial charge in [-0.3, -0.25) is 0 Å². The average Bonchev–Trinajstić information content (AvgIpc) is 2.97. The van der Waals surface area contributed by atoms with Crippen molar-refractivity contribution in [2.24, 2.45) is 0 Å². The third-order valence-corrected chi connectivity index (χ3v) is 3.23. The third-order valence-electron chi connectivity index (χ3n) is 3.23. The first-order valence-corrected chi connectivity index (χ1v) is 6.72. The van der Waals surface area contributed by atoms with Crippen LogP contribution < -0.4 is 5.32 Å². The second-order valence-electron chi connectivity index (χ2n) is 4.64. The number of nitrogens with one attached hydrogen (secondary N) is 1. The number of nitrogens with zero attached hydrogens (tertiary/aromatic N) is 2. The molecule has 1 aliphatic rings. The first-order chi connectivity index (χ1) is 8.40. The van der Waals surface area contributed by atoms with Crippen LogP contribution in [0.1, 0.15) is 38.4 Å². The summed E-state index contributed by atoms with van der Waals surface area (Å²) in [6.45, 7) is 6.06. The van der Waals surface area contributed by atoms with Crippen molar-refractivity contribution in [2.45, 2.75) is 51.8 Å². The minimum atomic E-state index is 0.467. The molecule has 0 spiro atoms. The zero-order valence-corrected chi connectivity index (χ0v) is 10.7. The van der Waals surface area contributed by atoms with E-state index in [2.05, 4.69) is 28.0 Å². The lowest BCUT2D eigenvalue weighted by Gasteiger charge is -2.12. The molecular formula is C13H23N3O. The van der Waals surface area contributed by atoms with Gasteiger partial charge < -0.3 is 14.6 Å². The minimum Gasteiger partial charge on any atom is -0.378 e. The molecule has 1 atom stereocenters. The van der Waals surface area contributed by atoms with E-state index in [0.29, 0.717) is 6.10 Å². The highest BCUT2D eigenvalue weighted by atomic mass is 16.5. The topological polar surface area (TPSA) is 39.1 Å². The summed E-state index contributed by atoms with van der Waals surface area (Å²) in [6.07, 6.45) is 9.13. The minimum absolute atomic E-state index is 0.467. The SMILES string of the molecule is CCCNCc1nccn1CCC1CCCO1. The van der Waals surface area contributed by atoms with Gasteiger partial charge in [-0.25, -0.2) is 4.98 Å². The van der Waals surface area contributed by atoms with Crippen LogP contribution in [0, 0.1) is 0 Å². The second-order valence-corrected chi connectivity index (χ2v) is 4.64. The van der Waals surface area contributed by atoms with Gasteiger partial charge in [0.25, 0.3) is 0 Å². The number of imidazole rings is 1. The van der Waals surface area contributed by atoms with Gasteiger partial charge in [-0.1, -0.05) is 6.92 Å². The van der Waals surface area contributed by atoms with E-state index in [1.165, 1.54) is 12.8 Å². The molecule has 0 saturated carbocycles. The maximum absolute atomic E-state index is 5.64. The summed E-state index contributed by atoms with van der Waals surface area (Å²) in [4.78, 5) is 4.39. The van der Waals surface area contributed by atoms with Crippen molar-refractivity contribution >= 4 is 0 Å². The van der Waals surface area contributed by atoms with E-state index in [9.17, 15) is 0 Å². The van der Waals surface area contributed by atoms with Gasteiger partial charge in [0.15, 0.2) is 0 Å². The molecule has 2 rings (SSSR count). The second kappa shape index (κ2) is 6.77. The van der Waals surface area contributed by atoms with Crippen LogP contribution in [0.2, 0.25) is 0 Å². The van der Waals surface area contributed by atoms with Gasteiger partial charge in [-0.15, -0.1) is 0 Å². The van der Waals surface area contributed by atoms with Crippen LogP contribution in [-0.2, 0) is 17.8 Å². The molecule has 1 unspecified atom stereocenters. The summed E-state index contributed by atoms with van der Waals surface area (Å²) < 4.78 is 7.88. The molecule has 4 heteroatoms. The Kier molecular flexibility index (Phi) is 5.01. The Hall–Kier alpha value is -0.870. The van der Waals surface area contributed by atoms with E-state index in [1.54, 1.807) is 0 Å². The van der Waals surface area contributed by atoms with E-state index >= 15 is 0 Å². The van der Waals surface area contributed by atoms with Gasteiger partial charge in [0.1, 0.15) is 5.82 Å². The van der Waals surface area contributed by atoms with Gasteiger partial charge in [-0.2, -0.15) is 0 Å². The highest BCUT2D eigenvalue weighted by molar-refractivity contribution is 4.92. The highest BCUT2D eigenvalue weighted by Gasteiger charge is 2.15. The van der Waals surface area contributed by atoms with Gasteiger partial charge in [0, 0.05) is 25.5 Å². The quantitative estimate of drug-likeness (QED) is 0.737. The van der Waals surface area contributed by atoms with E-state index in [0.717, 1.165) is 44.9 Å². The van der Waals surface area contributed by atoms with E-state index < -0.39 is 0 Å². The molecule has 1 aromatic heterocycles. The number of rotatable bonds is 7. The number of aromatic nitrogens is 2. The zero-order chi connectivity index (χ0) is 11.9. The Labute approximate surface area is 103 Å². The summed E-state index contributed by atoms with van der Waals surface area (Å²) in [5.41, 5.74) is 0. The average molecular weight is 237 g/mol. The lowest BCUT2D eigenvalue weighted by molar-refractivity contribution is 0.100. The Morgan fingerprint density at radius 2 is 2.53 bits per heavy atom. The monoisotopic (exact) mass is 237 g/mol. The first-order valence-electron chi connectivity index (χ1n) is 6.72. The van der Waals surface area contributed by atoms with Crippen LogP contribution in [0.5, 0.6) is 0 Å². The van der Waals surface area contributed by atoms with Gasteiger partial charge in [-0.05, 0) is 32.2 Å². The van der Waals surface area contributed by atoms with Gasteiger partial charge in [0.2, 0.25) is 0 Å². The standard InChI is InChI=1S/C13H23N3O/c1-2-6-14-11-13-15-7-9-16(13)8-5-12-4-3-10-17-12/h7,9,12,14H,2-6,8,10-11H2,1H3. The Balaban J connectivity index is 1.76. The number of aryl methyl sites for hydroxylation is 1. The molecule has 1 N–H and O–H groups in total. The molecule has 17 heavy (non-hydrogen) atoms. The fraction of sp³-hybridized carbons (Fsp3) is 0.769.